The molecule has 0 saturated heterocycles. The number of benzene rings is 1. The molecular formula is C10H13BrN3+. The van der Waals surface area contributed by atoms with Gasteiger partial charge in [0.15, 0.2) is 0 Å². The highest BCUT2D eigenvalue weighted by molar-refractivity contribution is 9.12. The molecule has 74 valence electrons. The SMILES string of the molecule is CN/C=C(/Br)C(N)=[NH+]c1ccccc1. The van der Waals surface area contributed by atoms with Gasteiger partial charge in [0.25, 0.3) is 5.84 Å². The van der Waals surface area contributed by atoms with Gasteiger partial charge in [-0.25, -0.2) is 4.99 Å². The van der Waals surface area contributed by atoms with Crippen LogP contribution in [0.3, 0.4) is 0 Å². The summed E-state index contributed by atoms with van der Waals surface area (Å²) in [6.07, 6.45) is 1.77. The van der Waals surface area contributed by atoms with Gasteiger partial charge in [-0.2, -0.15) is 0 Å². The van der Waals surface area contributed by atoms with Crippen molar-refractivity contribution in [2.75, 3.05) is 7.05 Å². The highest BCUT2D eigenvalue weighted by atomic mass is 79.9. The zero-order chi connectivity index (χ0) is 10.4. The molecule has 4 heteroatoms. The lowest BCUT2D eigenvalue weighted by Gasteiger charge is -1.94. The summed E-state index contributed by atoms with van der Waals surface area (Å²) >= 11 is 3.33. The average Bonchev–Trinajstić information content (AvgIpc) is 2.19. The molecule has 0 aliphatic rings. The van der Waals surface area contributed by atoms with E-state index in [4.69, 9.17) is 5.73 Å². The molecular weight excluding hydrogens is 242 g/mol. The minimum Gasteiger partial charge on any atom is -0.393 e. The van der Waals surface area contributed by atoms with Gasteiger partial charge in [0.2, 0.25) is 0 Å². The van der Waals surface area contributed by atoms with Crippen LogP contribution in [0.1, 0.15) is 0 Å². The molecule has 4 N–H and O–H groups in total. The van der Waals surface area contributed by atoms with Crippen LogP contribution in [0.5, 0.6) is 0 Å². The van der Waals surface area contributed by atoms with Crippen molar-refractivity contribution in [3.8, 4) is 0 Å². The molecule has 1 rings (SSSR count). The van der Waals surface area contributed by atoms with Crippen LogP contribution in [0.15, 0.2) is 41.0 Å². The Kier molecular flexibility index (Phi) is 4.19. The lowest BCUT2D eigenvalue weighted by Crippen LogP contribution is -2.69. The summed E-state index contributed by atoms with van der Waals surface area (Å²) in [5.41, 5.74) is 6.75. The number of amidine groups is 1. The predicted molar refractivity (Wildman–Crippen MR) is 62.3 cm³/mol. The third kappa shape index (κ3) is 3.22. The second kappa shape index (κ2) is 5.44. The van der Waals surface area contributed by atoms with E-state index in [0.717, 1.165) is 10.2 Å². The van der Waals surface area contributed by atoms with Gasteiger partial charge in [-0.1, -0.05) is 18.2 Å². The summed E-state index contributed by atoms with van der Waals surface area (Å²) in [7, 11) is 1.82. The fourth-order valence-corrected chi connectivity index (χ4v) is 1.27. The highest BCUT2D eigenvalue weighted by Gasteiger charge is 2.03. The zero-order valence-electron chi connectivity index (χ0n) is 7.92. The fraction of sp³-hybridized carbons (Fsp3) is 0.100. The summed E-state index contributed by atoms with van der Waals surface area (Å²) in [5, 5.41) is 2.88. The molecule has 0 aliphatic heterocycles. The molecule has 0 radical (unpaired) electrons. The second-order valence-corrected chi connectivity index (χ2v) is 3.54. The third-order valence-electron chi connectivity index (χ3n) is 1.58. The van der Waals surface area contributed by atoms with E-state index < -0.39 is 0 Å². The number of nitrogens with one attached hydrogen (secondary N) is 2. The summed E-state index contributed by atoms with van der Waals surface area (Å²) in [6, 6.07) is 9.76. The Labute approximate surface area is 91.9 Å². The number of para-hydroxylation sites is 1. The van der Waals surface area contributed by atoms with Crippen molar-refractivity contribution < 1.29 is 4.99 Å². The van der Waals surface area contributed by atoms with Gasteiger partial charge in [0.1, 0.15) is 10.2 Å². The fourth-order valence-electron chi connectivity index (χ4n) is 0.941. The van der Waals surface area contributed by atoms with E-state index in [0.29, 0.717) is 5.84 Å². The van der Waals surface area contributed by atoms with Crippen LogP contribution < -0.4 is 16.0 Å². The number of nitrogens with two attached hydrogens (primary N) is 1. The van der Waals surface area contributed by atoms with Crippen molar-refractivity contribution in [1.29, 1.82) is 0 Å². The Hall–Kier alpha value is -1.29. The van der Waals surface area contributed by atoms with Gasteiger partial charge in [0, 0.05) is 13.2 Å². The molecule has 1 aromatic rings. The molecule has 0 atom stereocenters. The van der Waals surface area contributed by atoms with E-state index in [1.807, 2.05) is 37.4 Å². The summed E-state index contributed by atoms with van der Waals surface area (Å²) in [6.45, 7) is 0. The molecule has 0 aliphatic carbocycles. The van der Waals surface area contributed by atoms with Crippen LogP contribution in [0.2, 0.25) is 0 Å². The van der Waals surface area contributed by atoms with Crippen LogP contribution in [0, 0.1) is 0 Å². The minimum absolute atomic E-state index is 0.575. The average molecular weight is 255 g/mol. The maximum atomic E-state index is 5.79. The number of rotatable bonds is 3. The molecule has 0 heterocycles. The Bertz CT molecular complexity index is 344. The van der Waals surface area contributed by atoms with Crippen molar-refractivity contribution in [2.24, 2.45) is 5.73 Å². The summed E-state index contributed by atoms with van der Waals surface area (Å²) in [5.74, 6) is 0.575. The van der Waals surface area contributed by atoms with Crippen molar-refractivity contribution >= 4 is 27.5 Å². The molecule has 0 bridgehead atoms. The molecule has 3 nitrogen and oxygen atoms in total. The molecule has 0 saturated carbocycles. The van der Waals surface area contributed by atoms with Gasteiger partial charge >= 0.3 is 0 Å². The minimum atomic E-state index is 0.575. The van der Waals surface area contributed by atoms with Gasteiger partial charge in [-0.15, -0.1) is 0 Å². The van der Waals surface area contributed by atoms with Crippen molar-refractivity contribution in [1.82, 2.24) is 5.32 Å². The van der Waals surface area contributed by atoms with Crippen LogP contribution >= 0.6 is 15.9 Å². The topological polar surface area (TPSA) is 52.0 Å². The lowest BCUT2D eigenvalue weighted by molar-refractivity contribution is -0.353. The number of hydrogen-bond acceptors (Lipinski definition) is 1. The van der Waals surface area contributed by atoms with Gasteiger partial charge in [-0.3, -0.25) is 5.73 Å². The van der Waals surface area contributed by atoms with E-state index in [2.05, 4.69) is 26.2 Å². The molecule has 1 aromatic carbocycles. The maximum Gasteiger partial charge on any atom is 0.286 e. The molecule has 0 aromatic heterocycles. The monoisotopic (exact) mass is 254 g/mol. The maximum absolute atomic E-state index is 5.79. The van der Waals surface area contributed by atoms with Gasteiger partial charge in [0.05, 0.1) is 0 Å². The van der Waals surface area contributed by atoms with E-state index in [1.165, 1.54) is 0 Å². The normalized spacial score (nSPS) is 12.7. The van der Waals surface area contributed by atoms with E-state index >= 15 is 0 Å². The molecule has 0 spiro atoms. The lowest BCUT2D eigenvalue weighted by atomic mass is 10.3. The van der Waals surface area contributed by atoms with Crippen LogP contribution in [0.4, 0.5) is 5.69 Å². The van der Waals surface area contributed by atoms with Crippen molar-refractivity contribution in [3.63, 3.8) is 0 Å². The molecule has 0 fully saturated rings. The predicted octanol–water partition coefficient (Wildman–Crippen LogP) is 0.212. The highest BCUT2D eigenvalue weighted by Crippen LogP contribution is 2.00. The Morgan fingerprint density at radius 3 is 2.64 bits per heavy atom. The Morgan fingerprint density at radius 1 is 1.43 bits per heavy atom. The molecule has 0 amide bonds. The molecule has 0 unspecified atom stereocenters. The Balaban J connectivity index is 2.84. The van der Waals surface area contributed by atoms with Crippen molar-refractivity contribution in [2.45, 2.75) is 0 Å². The first kappa shape index (κ1) is 10.8. The van der Waals surface area contributed by atoms with Gasteiger partial charge in [-0.05, 0) is 28.1 Å². The first-order valence-electron chi connectivity index (χ1n) is 4.22. The standard InChI is InChI=1S/C10H12BrN3/c1-13-7-9(11)10(12)14-8-5-3-2-4-6-8/h2-7,13H,1H3,(H2,12,14)/p+1/b9-7+. The summed E-state index contributed by atoms with van der Waals surface area (Å²) in [4.78, 5) is 3.07. The number of halogens is 1. The van der Waals surface area contributed by atoms with Crippen molar-refractivity contribution in [3.05, 3.63) is 41.0 Å². The first-order valence-corrected chi connectivity index (χ1v) is 5.01. The number of hydrogen-bond donors (Lipinski definition) is 3. The van der Waals surface area contributed by atoms with E-state index in [-0.39, 0.29) is 0 Å². The van der Waals surface area contributed by atoms with E-state index in [9.17, 15) is 0 Å². The van der Waals surface area contributed by atoms with E-state index in [1.54, 1.807) is 6.20 Å². The summed E-state index contributed by atoms with van der Waals surface area (Å²) < 4.78 is 0.795. The smallest absolute Gasteiger partial charge is 0.286 e. The quantitative estimate of drug-likeness (QED) is 0.534. The van der Waals surface area contributed by atoms with Crippen LogP contribution in [-0.4, -0.2) is 12.9 Å². The third-order valence-corrected chi connectivity index (χ3v) is 2.24. The van der Waals surface area contributed by atoms with Gasteiger partial charge < -0.3 is 5.32 Å². The zero-order valence-corrected chi connectivity index (χ0v) is 9.51. The largest absolute Gasteiger partial charge is 0.393 e. The van der Waals surface area contributed by atoms with Crippen LogP contribution in [0.25, 0.3) is 0 Å². The Morgan fingerprint density at radius 2 is 2.07 bits per heavy atom. The molecule has 14 heavy (non-hydrogen) atoms. The van der Waals surface area contributed by atoms with Crippen LogP contribution in [-0.2, 0) is 0 Å². The first-order chi connectivity index (χ1) is 6.74. The second-order valence-electron chi connectivity index (χ2n) is 2.69.